The molecule has 0 aromatic heterocycles. The summed E-state index contributed by atoms with van der Waals surface area (Å²) in [6.07, 6.45) is 0.495. The second kappa shape index (κ2) is 20.6. The molecule has 3 aromatic rings. The van der Waals surface area contributed by atoms with Crippen molar-refractivity contribution in [3.05, 3.63) is 95.6 Å². The molecule has 4 heterocycles. The molecular formula is C51H62F4N5O8PS. The van der Waals surface area contributed by atoms with Gasteiger partial charge in [-0.2, -0.15) is 0 Å². The summed E-state index contributed by atoms with van der Waals surface area (Å²) in [6, 6.07) is 19.4. The molecule has 0 radical (unpaired) electrons. The summed E-state index contributed by atoms with van der Waals surface area (Å²) in [5.41, 5.74) is 1.59. The van der Waals surface area contributed by atoms with Crippen molar-refractivity contribution in [1.29, 1.82) is 0 Å². The summed E-state index contributed by atoms with van der Waals surface area (Å²) in [4.78, 5) is 63.5. The van der Waals surface area contributed by atoms with Crippen LogP contribution in [0.4, 0.5) is 17.6 Å². The van der Waals surface area contributed by atoms with E-state index in [-0.39, 0.29) is 85.0 Å². The van der Waals surface area contributed by atoms with Gasteiger partial charge in [-0.25, -0.2) is 9.48 Å². The number of ether oxygens (including phenoxy) is 2. The molecule has 2 aliphatic carbocycles. The van der Waals surface area contributed by atoms with E-state index < -0.39 is 61.2 Å². The van der Waals surface area contributed by atoms with Gasteiger partial charge in [0.25, 0.3) is 0 Å². The van der Waals surface area contributed by atoms with E-state index in [4.69, 9.17) is 9.26 Å². The van der Waals surface area contributed by atoms with Crippen LogP contribution in [0.5, 0.6) is 5.75 Å². The molecule has 2 saturated carbocycles. The number of nitrogens with zero attached hydrogens (tertiary/aromatic N) is 3. The SMILES string of the molecule is CCCOC(=O)[C@H](C)N[P@@](=O)(Oc1ccccc1)[C@@H](F)c1ccc2c(c1)CC(C(=O)N[C@H]1CC[C@H](N(C)C3CC(OC(F)(F)F)C3)C[C@H]3CC[C@@H](C(=O)N4C[C@H](c5ccccc5)CC45CC5)N3C1=O)S2. The number of halogens is 4. The fraction of sp³-hybridized carbons (Fsp3) is 0.569. The zero-order valence-electron chi connectivity index (χ0n) is 39.7. The highest BCUT2D eigenvalue weighted by Crippen LogP contribution is 2.59. The van der Waals surface area contributed by atoms with Crippen LogP contribution in [0.25, 0.3) is 0 Å². The Morgan fingerprint density at radius 2 is 1.67 bits per heavy atom. The van der Waals surface area contributed by atoms with E-state index in [9.17, 15) is 36.9 Å². The Balaban J connectivity index is 0.920. The van der Waals surface area contributed by atoms with Gasteiger partial charge in [0.05, 0.1) is 18.0 Å². The molecule has 19 heteroatoms. The van der Waals surface area contributed by atoms with E-state index in [0.29, 0.717) is 49.1 Å². The fourth-order valence-electron chi connectivity index (χ4n) is 11.3. The lowest BCUT2D eigenvalue weighted by molar-refractivity contribution is -0.354. The monoisotopic (exact) mass is 1010 g/mol. The van der Waals surface area contributed by atoms with E-state index >= 15 is 4.39 Å². The lowest BCUT2D eigenvalue weighted by atomic mass is 9.85. The molecule has 1 spiro atoms. The first kappa shape index (κ1) is 50.5. The Labute approximate surface area is 410 Å². The number of nitrogens with one attached hydrogen (secondary N) is 2. The Morgan fingerprint density at radius 1 is 0.957 bits per heavy atom. The number of carbonyl (C=O) groups is 4. The molecule has 1 unspecified atom stereocenters. The molecule has 3 aromatic carbocycles. The van der Waals surface area contributed by atoms with Crippen molar-refractivity contribution in [3.8, 4) is 5.75 Å². The fourth-order valence-corrected chi connectivity index (χ4v) is 14.4. The third-order valence-electron chi connectivity index (χ3n) is 15.3. The molecule has 9 atom stereocenters. The molecule has 5 fully saturated rings. The smallest absolute Gasteiger partial charge is 0.465 e. The van der Waals surface area contributed by atoms with Crippen LogP contribution >= 0.6 is 19.3 Å². The van der Waals surface area contributed by atoms with Crippen LogP contribution in [-0.2, 0) is 39.6 Å². The van der Waals surface area contributed by atoms with Crippen LogP contribution in [-0.4, -0.2) is 118 Å². The van der Waals surface area contributed by atoms with Crippen LogP contribution in [0.2, 0.25) is 0 Å². The molecule has 9 rings (SSSR count). The average molecular weight is 1010 g/mol. The Hall–Kier alpha value is -4.48. The quantitative estimate of drug-likeness (QED) is 0.0807. The van der Waals surface area contributed by atoms with Crippen molar-refractivity contribution >= 4 is 43.0 Å². The number of hydrogen-bond donors (Lipinski definition) is 2. The maximum atomic E-state index is 16.8. The molecule has 6 aliphatic rings. The van der Waals surface area contributed by atoms with Crippen LogP contribution in [0.1, 0.15) is 113 Å². The molecular weight excluding hydrogens is 950 g/mol. The Bertz CT molecular complexity index is 2450. The van der Waals surface area contributed by atoms with Gasteiger partial charge in [-0.05, 0) is 126 Å². The maximum absolute atomic E-state index is 16.8. The lowest BCUT2D eigenvalue weighted by Crippen LogP contribution is -2.60. The minimum absolute atomic E-state index is 0.0197. The molecule has 13 nitrogen and oxygen atoms in total. The summed E-state index contributed by atoms with van der Waals surface area (Å²) in [5.74, 6) is -3.42. The molecule has 378 valence electrons. The number of fused-ring (bicyclic) bond motifs is 2. The third kappa shape index (κ3) is 10.8. The Kier molecular flexibility index (Phi) is 14.8. The summed E-state index contributed by atoms with van der Waals surface area (Å²) < 4.78 is 85.8. The number of para-hydroxylation sites is 1. The van der Waals surface area contributed by atoms with Crippen LogP contribution in [0.3, 0.4) is 0 Å². The third-order valence-corrected chi connectivity index (χ3v) is 18.7. The predicted molar refractivity (Wildman–Crippen MR) is 255 cm³/mol. The molecule has 70 heavy (non-hydrogen) atoms. The topological polar surface area (TPSA) is 147 Å². The van der Waals surface area contributed by atoms with Crippen molar-refractivity contribution in [2.24, 2.45) is 0 Å². The van der Waals surface area contributed by atoms with E-state index in [0.717, 1.165) is 19.3 Å². The second-order valence-electron chi connectivity index (χ2n) is 20.0. The zero-order chi connectivity index (χ0) is 49.5. The van der Waals surface area contributed by atoms with Gasteiger partial charge in [0.2, 0.25) is 23.6 Å². The zero-order valence-corrected chi connectivity index (χ0v) is 41.4. The van der Waals surface area contributed by atoms with Gasteiger partial charge in [0.1, 0.15) is 23.9 Å². The van der Waals surface area contributed by atoms with E-state index in [1.54, 1.807) is 35.2 Å². The number of carbonyl (C=O) groups excluding carboxylic acids is 4. The summed E-state index contributed by atoms with van der Waals surface area (Å²) in [7, 11) is -2.60. The second-order valence-corrected chi connectivity index (χ2v) is 23.3. The van der Waals surface area contributed by atoms with Crippen LogP contribution in [0, 0.1) is 0 Å². The van der Waals surface area contributed by atoms with Gasteiger partial charge in [0.15, 0.2) is 0 Å². The molecule has 2 N–H and O–H groups in total. The standard InChI is InChI=1S/C51H62F4N5O8PS/c1-4-23-66-49(64)31(2)57-69(65,68-39-13-9-6-10-14-39)45(52)33-15-20-43-34(24-33)25-44(70-43)46(61)56-41-18-16-36(58(3)38-27-40(28-38)67-51(53,54)55)26-37-17-19-42(60(37)47(41)62)48(63)59-30-35(29-50(59)21-22-50)32-11-7-5-8-12-32/h5-15,20,24,31,35-38,40-42,44-45H,4,16-19,21-23,25-30H2,1-3H3,(H,56,61)(H,57,65)/t31-,35+,36-,37+,38?,40?,41-,42-,44?,45+,69-/m0/s1. The number of alkyl halides is 4. The number of esters is 1. The number of rotatable bonds is 16. The van der Waals surface area contributed by atoms with Crippen molar-refractivity contribution in [2.45, 2.75) is 167 Å². The van der Waals surface area contributed by atoms with Crippen molar-refractivity contribution in [1.82, 2.24) is 25.1 Å². The van der Waals surface area contributed by atoms with Crippen LogP contribution < -0.4 is 14.9 Å². The minimum Gasteiger partial charge on any atom is -0.465 e. The first-order valence-electron chi connectivity index (χ1n) is 24.6. The number of hydrogen-bond acceptors (Lipinski definition) is 10. The van der Waals surface area contributed by atoms with Gasteiger partial charge in [0, 0.05) is 41.0 Å². The highest BCUT2D eigenvalue weighted by molar-refractivity contribution is 8.01. The number of benzene rings is 3. The van der Waals surface area contributed by atoms with E-state index in [1.165, 1.54) is 42.4 Å². The molecule has 3 amide bonds. The van der Waals surface area contributed by atoms with Gasteiger partial charge >= 0.3 is 19.9 Å². The lowest BCUT2D eigenvalue weighted by Gasteiger charge is -2.47. The number of likely N-dealkylation sites (tertiary alicyclic amines) is 1. The van der Waals surface area contributed by atoms with Crippen molar-refractivity contribution in [3.63, 3.8) is 0 Å². The minimum atomic E-state index is -4.72. The largest absolute Gasteiger partial charge is 0.522 e. The highest BCUT2D eigenvalue weighted by atomic mass is 32.2. The Morgan fingerprint density at radius 3 is 2.36 bits per heavy atom. The van der Waals surface area contributed by atoms with E-state index in [1.807, 2.05) is 37.1 Å². The summed E-state index contributed by atoms with van der Waals surface area (Å²) >= 11 is 1.27. The van der Waals surface area contributed by atoms with E-state index in [2.05, 4.69) is 32.2 Å². The van der Waals surface area contributed by atoms with Crippen LogP contribution in [0.15, 0.2) is 83.8 Å². The van der Waals surface area contributed by atoms with Gasteiger partial charge in [-0.3, -0.25) is 28.5 Å². The number of thioether (sulfide) groups is 1. The predicted octanol–water partition coefficient (Wildman–Crippen LogP) is 8.82. The first-order valence-corrected chi connectivity index (χ1v) is 27.2. The summed E-state index contributed by atoms with van der Waals surface area (Å²) in [6.45, 7) is 3.96. The van der Waals surface area contributed by atoms with Crippen molar-refractivity contribution in [2.75, 3.05) is 20.2 Å². The van der Waals surface area contributed by atoms with Gasteiger partial charge in [-0.15, -0.1) is 24.9 Å². The molecule has 0 bridgehead atoms. The number of amides is 3. The first-order chi connectivity index (χ1) is 33.4. The average Bonchev–Trinajstić information content (AvgIpc) is 3.59. The van der Waals surface area contributed by atoms with Gasteiger partial charge in [-0.1, -0.05) is 67.6 Å². The highest BCUT2D eigenvalue weighted by Gasteiger charge is 2.59. The maximum Gasteiger partial charge on any atom is 0.522 e. The summed E-state index contributed by atoms with van der Waals surface area (Å²) in [5, 5.41) is 4.96. The normalized spacial score (nSPS) is 28.7. The molecule has 3 saturated heterocycles. The van der Waals surface area contributed by atoms with Crippen molar-refractivity contribution < 1.29 is 55.3 Å². The molecule has 4 aliphatic heterocycles. The van der Waals surface area contributed by atoms with Gasteiger partial charge < -0.3 is 29.3 Å².